The van der Waals surface area contributed by atoms with E-state index in [1.807, 2.05) is 51.1 Å². The Morgan fingerprint density at radius 2 is 1.91 bits per heavy atom. The molecule has 3 amide bonds. The Balaban J connectivity index is 1.75. The monoisotopic (exact) mass is 487 g/mol. The summed E-state index contributed by atoms with van der Waals surface area (Å²) in [6, 6.07) is 8.38. The summed E-state index contributed by atoms with van der Waals surface area (Å²) in [6.45, 7) is 8.21. The van der Waals surface area contributed by atoms with Gasteiger partial charge in [-0.15, -0.1) is 11.8 Å². The molecule has 1 spiro atoms. The van der Waals surface area contributed by atoms with Crippen LogP contribution in [0.25, 0.3) is 0 Å². The molecule has 8 heteroatoms. The van der Waals surface area contributed by atoms with Gasteiger partial charge >= 0.3 is 0 Å². The predicted octanol–water partition coefficient (Wildman–Crippen LogP) is 2.12. The molecule has 4 rings (SSSR count). The highest BCUT2D eigenvalue weighted by atomic mass is 32.2. The Morgan fingerprint density at radius 3 is 2.53 bits per heavy atom. The Hall–Kier alpha value is -2.06. The highest BCUT2D eigenvalue weighted by molar-refractivity contribution is 8.02. The number of aliphatic hydroxyl groups excluding tert-OH is 1. The van der Waals surface area contributed by atoms with Gasteiger partial charge in [0.15, 0.2) is 0 Å². The molecule has 7 nitrogen and oxygen atoms in total. The number of rotatable bonds is 9. The van der Waals surface area contributed by atoms with E-state index in [1.54, 1.807) is 16.7 Å². The summed E-state index contributed by atoms with van der Waals surface area (Å²) in [6.07, 6.45) is 2.76. The van der Waals surface area contributed by atoms with Crippen LogP contribution in [-0.4, -0.2) is 68.5 Å². The Bertz CT molecular complexity index is 941. The molecule has 0 radical (unpaired) electrons. The first-order chi connectivity index (χ1) is 16.2. The normalized spacial score (nSPS) is 32.7. The van der Waals surface area contributed by atoms with Gasteiger partial charge in [-0.3, -0.25) is 14.4 Å². The molecule has 3 aliphatic rings. The molecule has 0 aromatic heterocycles. The van der Waals surface area contributed by atoms with Gasteiger partial charge in [0.25, 0.3) is 0 Å². The van der Waals surface area contributed by atoms with Crippen molar-refractivity contribution in [1.82, 2.24) is 15.5 Å². The summed E-state index contributed by atoms with van der Waals surface area (Å²) in [5.41, 5.74) is 0.994. The second kappa shape index (κ2) is 9.53. The van der Waals surface area contributed by atoms with Gasteiger partial charge in [0.2, 0.25) is 17.7 Å². The highest BCUT2D eigenvalue weighted by Crippen LogP contribution is 2.71. The van der Waals surface area contributed by atoms with E-state index in [0.29, 0.717) is 19.4 Å². The minimum atomic E-state index is -0.718. The Labute approximate surface area is 206 Å². The first-order valence-electron chi connectivity index (χ1n) is 12.4. The number of carbonyl (C=O) groups excluding carboxylic acids is 3. The number of hydrogen-bond donors (Lipinski definition) is 3. The topological polar surface area (TPSA) is 98.7 Å². The van der Waals surface area contributed by atoms with Crippen molar-refractivity contribution in [3.63, 3.8) is 0 Å². The molecule has 2 unspecified atom stereocenters. The fourth-order valence-electron chi connectivity index (χ4n) is 6.32. The van der Waals surface area contributed by atoms with Gasteiger partial charge in [-0.25, -0.2) is 0 Å². The van der Waals surface area contributed by atoms with Crippen molar-refractivity contribution in [3.8, 4) is 0 Å². The smallest absolute Gasteiger partial charge is 0.244 e. The largest absolute Gasteiger partial charge is 0.394 e. The number of benzene rings is 1. The average Bonchev–Trinajstić information content (AvgIpc) is 3.37. The van der Waals surface area contributed by atoms with Crippen LogP contribution in [-0.2, 0) is 20.8 Å². The lowest BCUT2D eigenvalue weighted by atomic mass is 9.66. The van der Waals surface area contributed by atoms with Crippen molar-refractivity contribution in [2.75, 3.05) is 13.2 Å². The zero-order valence-corrected chi connectivity index (χ0v) is 21.4. The van der Waals surface area contributed by atoms with Crippen LogP contribution >= 0.6 is 11.8 Å². The van der Waals surface area contributed by atoms with Crippen LogP contribution in [0.15, 0.2) is 30.3 Å². The van der Waals surface area contributed by atoms with E-state index in [-0.39, 0.29) is 35.1 Å². The fourth-order valence-corrected chi connectivity index (χ4v) is 8.66. The van der Waals surface area contributed by atoms with Gasteiger partial charge in [0.05, 0.1) is 29.2 Å². The number of aliphatic hydroxyl groups is 1. The summed E-state index contributed by atoms with van der Waals surface area (Å²) < 4.78 is -1.04. The van der Waals surface area contributed by atoms with E-state index in [1.165, 1.54) is 0 Å². The molecule has 0 aliphatic carbocycles. The van der Waals surface area contributed by atoms with Crippen LogP contribution in [0, 0.1) is 11.8 Å². The van der Waals surface area contributed by atoms with Crippen molar-refractivity contribution in [1.29, 1.82) is 0 Å². The third kappa shape index (κ3) is 4.02. The summed E-state index contributed by atoms with van der Waals surface area (Å²) >= 11 is 1.66. The second-order valence-corrected chi connectivity index (χ2v) is 12.4. The summed E-state index contributed by atoms with van der Waals surface area (Å²) in [5, 5.41) is 16.5. The van der Waals surface area contributed by atoms with Gasteiger partial charge in [-0.05, 0) is 52.0 Å². The third-order valence-corrected chi connectivity index (χ3v) is 9.63. The quantitative estimate of drug-likeness (QED) is 0.496. The van der Waals surface area contributed by atoms with Crippen LogP contribution in [0.1, 0.15) is 52.5 Å². The molecule has 3 saturated heterocycles. The Kier molecular flexibility index (Phi) is 7.02. The van der Waals surface area contributed by atoms with E-state index in [0.717, 1.165) is 18.4 Å². The SMILES string of the molecule is CCCNC(=O)[C@H]1[C@H]2C(=O)N([C@@H](CO)Cc3ccccc3)C(C(=O)NC(C)C)C23CC[C@]1(C)S3. The van der Waals surface area contributed by atoms with E-state index in [9.17, 15) is 19.5 Å². The lowest BCUT2D eigenvalue weighted by molar-refractivity contribution is -0.143. The van der Waals surface area contributed by atoms with Gasteiger partial charge < -0.3 is 20.6 Å². The van der Waals surface area contributed by atoms with Crippen molar-refractivity contribution < 1.29 is 19.5 Å². The van der Waals surface area contributed by atoms with Gasteiger partial charge in [0.1, 0.15) is 6.04 Å². The summed E-state index contributed by atoms with van der Waals surface area (Å²) in [7, 11) is 0. The molecular weight excluding hydrogens is 450 g/mol. The number of amides is 3. The molecule has 34 heavy (non-hydrogen) atoms. The van der Waals surface area contributed by atoms with Crippen LogP contribution in [0.4, 0.5) is 0 Å². The van der Waals surface area contributed by atoms with Crippen molar-refractivity contribution in [2.45, 2.75) is 81.0 Å². The molecule has 3 fully saturated rings. The molecule has 3 N–H and O–H groups in total. The second-order valence-electron chi connectivity index (χ2n) is 10.5. The molecule has 1 aromatic rings. The molecule has 0 saturated carbocycles. The number of thioether (sulfide) groups is 1. The number of nitrogens with zero attached hydrogens (tertiary/aromatic N) is 1. The van der Waals surface area contributed by atoms with Crippen LogP contribution in [0.3, 0.4) is 0 Å². The number of carbonyl (C=O) groups is 3. The third-order valence-electron chi connectivity index (χ3n) is 7.64. The number of likely N-dealkylation sites (tertiary alicyclic amines) is 1. The average molecular weight is 488 g/mol. The first-order valence-corrected chi connectivity index (χ1v) is 13.3. The molecule has 3 aliphatic heterocycles. The Morgan fingerprint density at radius 1 is 1.21 bits per heavy atom. The molecule has 3 heterocycles. The highest BCUT2D eigenvalue weighted by Gasteiger charge is 2.77. The lowest BCUT2D eigenvalue weighted by Gasteiger charge is -2.37. The molecular formula is C26H37N3O4S. The number of fused-ring (bicyclic) bond motifs is 1. The van der Waals surface area contributed by atoms with Crippen LogP contribution in [0.5, 0.6) is 0 Å². The molecule has 1 aromatic carbocycles. The van der Waals surface area contributed by atoms with Crippen molar-refractivity contribution in [2.24, 2.45) is 11.8 Å². The number of hydrogen-bond acceptors (Lipinski definition) is 5. The van der Waals surface area contributed by atoms with E-state index in [2.05, 4.69) is 17.6 Å². The van der Waals surface area contributed by atoms with Crippen molar-refractivity contribution in [3.05, 3.63) is 35.9 Å². The maximum absolute atomic E-state index is 14.1. The van der Waals surface area contributed by atoms with E-state index >= 15 is 0 Å². The zero-order valence-electron chi connectivity index (χ0n) is 20.5. The maximum Gasteiger partial charge on any atom is 0.244 e. The number of nitrogens with one attached hydrogen (secondary N) is 2. The summed E-state index contributed by atoms with van der Waals surface area (Å²) in [4.78, 5) is 42.8. The summed E-state index contributed by atoms with van der Waals surface area (Å²) in [5.74, 6) is -1.51. The van der Waals surface area contributed by atoms with Gasteiger partial charge in [-0.1, -0.05) is 37.3 Å². The first kappa shape index (κ1) is 25.0. The minimum Gasteiger partial charge on any atom is -0.394 e. The van der Waals surface area contributed by atoms with Crippen LogP contribution in [0.2, 0.25) is 0 Å². The van der Waals surface area contributed by atoms with Crippen molar-refractivity contribution >= 4 is 29.5 Å². The van der Waals surface area contributed by atoms with Gasteiger partial charge in [-0.2, -0.15) is 0 Å². The predicted molar refractivity (Wildman–Crippen MR) is 133 cm³/mol. The van der Waals surface area contributed by atoms with E-state index < -0.39 is 28.7 Å². The zero-order chi connectivity index (χ0) is 24.7. The fraction of sp³-hybridized carbons (Fsp3) is 0.654. The maximum atomic E-state index is 14.1. The lowest BCUT2D eigenvalue weighted by Crippen LogP contribution is -2.57. The molecule has 6 atom stereocenters. The standard InChI is InChI=1S/C26H37N3O4S/c1-5-13-27-22(31)19-20-24(33)29(18(15-30)14-17-9-7-6-8-10-17)21(23(32)28-16(2)3)26(20)12-11-25(19,4)34-26/h6-10,16,18-21,30H,5,11-15H2,1-4H3,(H,27,31)(H,28,32)/t18-,19-,20+,21?,25+,26?/m1/s1. The molecule has 186 valence electrons. The minimum absolute atomic E-state index is 0.0792. The van der Waals surface area contributed by atoms with Crippen LogP contribution < -0.4 is 10.6 Å². The van der Waals surface area contributed by atoms with E-state index in [4.69, 9.17) is 0 Å². The molecule has 2 bridgehead atoms. The van der Waals surface area contributed by atoms with Gasteiger partial charge in [0, 0.05) is 17.3 Å².